The minimum atomic E-state index is -0.0132. The van der Waals surface area contributed by atoms with E-state index in [1.54, 1.807) is 0 Å². The Labute approximate surface area is 189 Å². The first-order valence-electron chi connectivity index (χ1n) is 13.5. The molecule has 0 aliphatic heterocycles. The molecule has 0 aromatic rings. The molecule has 0 rings (SSSR count). The zero-order chi connectivity index (χ0) is 22.1. The van der Waals surface area contributed by atoms with E-state index in [4.69, 9.17) is 4.74 Å². The first kappa shape index (κ1) is 29.4. The van der Waals surface area contributed by atoms with Gasteiger partial charge >= 0.3 is 5.97 Å². The average Bonchev–Trinajstić information content (AvgIpc) is 2.72. The summed E-state index contributed by atoms with van der Waals surface area (Å²) in [5, 5.41) is 0. The lowest BCUT2D eigenvalue weighted by molar-refractivity contribution is -0.143. The summed E-state index contributed by atoms with van der Waals surface area (Å²) < 4.78 is 5.26. The van der Waals surface area contributed by atoms with Crippen molar-refractivity contribution in [2.24, 2.45) is 0 Å². The molecule has 0 aliphatic carbocycles. The second kappa shape index (κ2) is 24.7. The summed E-state index contributed by atoms with van der Waals surface area (Å²) >= 11 is 0. The van der Waals surface area contributed by atoms with E-state index in [0.29, 0.717) is 13.0 Å². The van der Waals surface area contributed by atoms with Gasteiger partial charge in [0.15, 0.2) is 0 Å². The molecule has 30 heavy (non-hydrogen) atoms. The summed E-state index contributed by atoms with van der Waals surface area (Å²) in [4.78, 5) is 13.8. The van der Waals surface area contributed by atoms with Crippen LogP contribution in [0.2, 0.25) is 0 Å². The molecular weight excluding hydrogens is 370 g/mol. The highest BCUT2D eigenvalue weighted by Gasteiger charge is 2.02. The molecule has 0 aromatic heterocycles. The minimum absolute atomic E-state index is 0.0132. The number of hydrogen-bond donors (Lipinski definition) is 0. The standard InChI is InChI=1S/C27H55NO2/c1-4-5-6-7-8-9-10-11-12-13-14-15-16-17-18-19-20-21-22-24-27(29)30-26-23-25-28(2)3/h4-26H2,1-3H3. The van der Waals surface area contributed by atoms with Gasteiger partial charge in [-0.1, -0.05) is 122 Å². The fraction of sp³-hybridized carbons (Fsp3) is 0.963. The average molecular weight is 426 g/mol. The summed E-state index contributed by atoms with van der Waals surface area (Å²) in [5.74, 6) is -0.0132. The maximum absolute atomic E-state index is 11.6. The molecule has 0 saturated carbocycles. The van der Waals surface area contributed by atoms with E-state index in [0.717, 1.165) is 19.4 Å². The molecule has 3 heteroatoms. The molecule has 3 nitrogen and oxygen atoms in total. The smallest absolute Gasteiger partial charge is 0.305 e. The van der Waals surface area contributed by atoms with Gasteiger partial charge in [-0.3, -0.25) is 4.79 Å². The van der Waals surface area contributed by atoms with E-state index in [1.807, 2.05) is 14.1 Å². The lowest BCUT2D eigenvalue weighted by Crippen LogP contribution is -2.16. The molecule has 0 atom stereocenters. The highest BCUT2D eigenvalue weighted by molar-refractivity contribution is 5.69. The van der Waals surface area contributed by atoms with E-state index in [1.165, 1.54) is 116 Å². The third-order valence-electron chi connectivity index (χ3n) is 6.00. The lowest BCUT2D eigenvalue weighted by atomic mass is 10.0. The maximum atomic E-state index is 11.6. The zero-order valence-corrected chi connectivity index (χ0v) is 21.0. The summed E-state index contributed by atoms with van der Waals surface area (Å²) in [6.45, 7) is 3.83. The van der Waals surface area contributed by atoms with E-state index in [-0.39, 0.29) is 5.97 Å². The van der Waals surface area contributed by atoms with Crippen LogP contribution in [-0.4, -0.2) is 38.1 Å². The monoisotopic (exact) mass is 425 g/mol. The van der Waals surface area contributed by atoms with Crippen molar-refractivity contribution >= 4 is 5.97 Å². The van der Waals surface area contributed by atoms with Crippen molar-refractivity contribution in [3.05, 3.63) is 0 Å². The quantitative estimate of drug-likeness (QED) is 0.115. The fourth-order valence-electron chi connectivity index (χ4n) is 3.99. The van der Waals surface area contributed by atoms with Crippen molar-refractivity contribution in [2.75, 3.05) is 27.2 Å². The van der Waals surface area contributed by atoms with Gasteiger partial charge in [-0.2, -0.15) is 0 Å². The molecule has 0 unspecified atom stereocenters. The second-order valence-electron chi connectivity index (χ2n) is 9.49. The van der Waals surface area contributed by atoms with Gasteiger partial charge in [-0.05, 0) is 26.9 Å². The van der Waals surface area contributed by atoms with E-state index < -0.39 is 0 Å². The first-order valence-corrected chi connectivity index (χ1v) is 13.5. The van der Waals surface area contributed by atoms with Crippen molar-refractivity contribution in [1.29, 1.82) is 0 Å². The van der Waals surface area contributed by atoms with Crippen LogP contribution >= 0.6 is 0 Å². The van der Waals surface area contributed by atoms with Gasteiger partial charge in [0.1, 0.15) is 0 Å². The normalized spacial score (nSPS) is 11.3. The number of nitrogens with zero attached hydrogens (tertiary/aromatic N) is 1. The third kappa shape index (κ3) is 25.5. The van der Waals surface area contributed by atoms with Crippen LogP contribution in [0.1, 0.15) is 142 Å². The van der Waals surface area contributed by atoms with Crippen LogP contribution in [0.5, 0.6) is 0 Å². The molecule has 180 valence electrons. The lowest BCUT2D eigenvalue weighted by Gasteiger charge is -2.09. The Kier molecular flexibility index (Phi) is 24.2. The Morgan fingerprint density at radius 3 is 1.30 bits per heavy atom. The molecule has 0 spiro atoms. The number of carbonyl (C=O) groups excluding carboxylic acids is 1. The topological polar surface area (TPSA) is 29.5 Å². The number of rotatable bonds is 24. The number of ether oxygens (including phenoxy) is 1. The van der Waals surface area contributed by atoms with Gasteiger partial charge in [0.2, 0.25) is 0 Å². The Morgan fingerprint density at radius 2 is 0.933 bits per heavy atom. The predicted molar refractivity (Wildman–Crippen MR) is 132 cm³/mol. The molecule has 0 radical (unpaired) electrons. The van der Waals surface area contributed by atoms with Gasteiger partial charge in [0, 0.05) is 13.0 Å². The fourth-order valence-corrected chi connectivity index (χ4v) is 3.99. The van der Waals surface area contributed by atoms with Gasteiger partial charge in [0.25, 0.3) is 0 Å². The van der Waals surface area contributed by atoms with E-state index in [2.05, 4.69) is 11.8 Å². The molecule has 0 aromatic carbocycles. The second-order valence-corrected chi connectivity index (χ2v) is 9.49. The largest absolute Gasteiger partial charge is 0.466 e. The van der Waals surface area contributed by atoms with Crippen LogP contribution in [0, 0.1) is 0 Å². The van der Waals surface area contributed by atoms with Gasteiger partial charge in [0.05, 0.1) is 6.61 Å². The Balaban J connectivity index is 3.10. The van der Waals surface area contributed by atoms with Gasteiger partial charge in [-0.25, -0.2) is 0 Å². The number of carbonyl (C=O) groups is 1. The zero-order valence-electron chi connectivity index (χ0n) is 21.0. The summed E-state index contributed by atoms with van der Waals surface area (Å²) in [6, 6.07) is 0. The van der Waals surface area contributed by atoms with Crippen LogP contribution in [0.3, 0.4) is 0 Å². The molecule has 0 bridgehead atoms. The molecule has 0 amide bonds. The SMILES string of the molecule is CCCCCCCCCCCCCCCCCCCCCC(=O)OCCCN(C)C. The van der Waals surface area contributed by atoms with Crippen molar-refractivity contribution < 1.29 is 9.53 Å². The van der Waals surface area contributed by atoms with Crippen LogP contribution in [0.15, 0.2) is 0 Å². The number of esters is 1. The van der Waals surface area contributed by atoms with Crippen LogP contribution in [0.25, 0.3) is 0 Å². The Bertz CT molecular complexity index is 344. The van der Waals surface area contributed by atoms with E-state index >= 15 is 0 Å². The molecule has 0 fully saturated rings. The first-order chi connectivity index (χ1) is 14.7. The van der Waals surface area contributed by atoms with E-state index in [9.17, 15) is 4.79 Å². The van der Waals surface area contributed by atoms with Crippen LogP contribution in [-0.2, 0) is 9.53 Å². The predicted octanol–water partition coefficient (Wildman–Crippen LogP) is 8.30. The van der Waals surface area contributed by atoms with Crippen LogP contribution < -0.4 is 0 Å². The summed E-state index contributed by atoms with van der Waals surface area (Å²) in [5.41, 5.74) is 0. The Hall–Kier alpha value is -0.570. The number of hydrogen-bond acceptors (Lipinski definition) is 3. The van der Waals surface area contributed by atoms with Crippen LogP contribution in [0.4, 0.5) is 0 Å². The molecule has 0 aliphatic rings. The molecule has 0 saturated heterocycles. The molecule has 0 heterocycles. The van der Waals surface area contributed by atoms with Crippen molar-refractivity contribution in [3.8, 4) is 0 Å². The van der Waals surface area contributed by atoms with Gasteiger partial charge < -0.3 is 9.64 Å². The maximum Gasteiger partial charge on any atom is 0.305 e. The highest BCUT2D eigenvalue weighted by atomic mass is 16.5. The molecular formula is C27H55NO2. The highest BCUT2D eigenvalue weighted by Crippen LogP contribution is 2.14. The molecule has 0 N–H and O–H groups in total. The summed E-state index contributed by atoms with van der Waals surface area (Å²) in [7, 11) is 4.08. The van der Waals surface area contributed by atoms with Crippen molar-refractivity contribution in [2.45, 2.75) is 142 Å². The minimum Gasteiger partial charge on any atom is -0.466 e. The number of unbranched alkanes of at least 4 members (excludes halogenated alkanes) is 18. The Morgan fingerprint density at radius 1 is 0.567 bits per heavy atom. The van der Waals surface area contributed by atoms with Crippen molar-refractivity contribution in [3.63, 3.8) is 0 Å². The third-order valence-corrected chi connectivity index (χ3v) is 6.00. The summed E-state index contributed by atoms with van der Waals surface area (Å²) in [6.07, 6.45) is 27.7. The van der Waals surface area contributed by atoms with Crippen molar-refractivity contribution in [1.82, 2.24) is 4.90 Å². The van der Waals surface area contributed by atoms with Gasteiger partial charge in [-0.15, -0.1) is 0 Å².